The fourth-order valence-corrected chi connectivity index (χ4v) is 6.25. The van der Waals surface area contributed by atoms with E-state index in [-0.39, 0.29) is 6.04 Å². The molecule has 0 aliphatic carbocycles. The van der Waals surface area contributed by atoms with Crippen molar-refractivity contribution in [2.45, 2.75) is 52.5 Å². The Morgan fingerprint density at radius 2 is 1.94 bits per heavy atom. The zero-order valence-electron chi connectivity index (χ0n) is 21.8. The molecule has 2 aromatic rings. The van der Waals surface area contributed by atoms with Gasteiger partial charge in [-0.25, -0.2) is 4.98 Å². The molecule has 0 saturated carbocycles. The van der Waals surface area contributed by atoms with Gasteiger partial charge in [0, 0.05) is 62.5 Å². The topological polar surface area (TPSA) is 64.6 Å². The SMILES string of the molecule is Cc1ccc(C(C)Nc2nc(N3CC(C4CCCN(CCN5CCCC5=O)C4)C3)ncc2C)c(Cl)c1. The Bertz CT molecular complexity index is 1090. The van der Waals surface area contributed by atoms with Crippen LogP contribution >= 0.6 is 11.6 Å². The number of anilines is 2. The van der Waals surface area contributed by atoms with Crippen LogP contribution in [0, 0.1) is 25.7 Å². The van der Waals surface area contributed by atoms with E-state index in [1.54, 1.807) is 0 Å². The highest BCUT2D eigenvalue weighted by atomic mass is 35.5. The Kier molecular flexibility index (Phi) is 7.68. The van der Waals surface area contributed by atoms with Crippen LogP contribution in [0.1, 0.15) is 55.3 Å². The lowest BCUT2D eigenvalue weighted by molar-refractivity contribution is -0.127. The van der Waals surface area contributed by atoms with Crippen LogP contribution in [-0.2, 0) is 4.79 Å². The third kappa shape index (κ3) is 5.62. The molecule has 1 aromatic carbocycles. The molecular weight excluding hydrogens is 472 g/mol. The van der Waals surface area contributed by atoms with E-state index in [1.807, 2.05) is 24.1 Å². The predicted molar refractivity (Wildman–Crippen MR) is 146 cm³/mol. The molecule has 5 rings (SSSR count). The molecule has 36 heavy (non-hydrogen) atoms. The zero-order chi connectivity index (χ0) is 25.2. The normalized spacial score (nSPS) is 22.1. The Morgan fingerprint density at radius 3 is 2.69 bits per heavy atom. The quantitative estimate of drug-likeness (QED) is 0.555. The van der Waals surface area contributed by atoms with Crippen LogP contribution in [0.15, 0.2) is 24.4 Å². The summed E-state index contributed by atoms with van der Waals surface area (Å²) >= 11 is 6.50. The lowest BCUT2D eigenvalue weighted by Gasteiger charge is -2.46. The molecule has 0 bridgehead atoms. The third-order valence-corrected chi connectivity index (χ3v) is 8.52. The van der Waals surface area contributed by atoms with E-state index in [2.05, 4.69) is 46.1 Å². The van der Waals surface area contributed by atoms with Crippen LogP contribution in [0.25, 0.3) is 0 Å². The fraction of sp³-hybridized carbons (Fsp3) is 0.607. The van der Waals surface area contributed by atoms with Gasteiger partial charge in [-0.1, -0.05) is 23.7 Å². The van der Waals surface area contributed by atoms with Crippen molar-refractivity contribution in [2.24, 2.45) is 11.8 Å². The number of benzene rings is 1. The molecule has 0 spiro atoms. The van der Waals surface area contributed by atoms with Crippen LogP contribution in [-0.4, -0.2) is 71.5 Å². The van der Waals surface area contributed by atoms with Crippen molar-refractivity contribution in [1.82, 2.24) is 19.8 Å². The highest BCUT2D eigenvalue weighted by Crippen LogP contribution is 2.34. The molecule has 3 fully saturated rings. The second kappa shape index (κ2) is 10.9. The summed E-state index contributed by atoms with van der Waals surface area (Å²) < 4.78 is 0. The smallest absolute Gasteiger partial charge is 0.227 e. The van der Waals surface area contributed by atoms with Gasteiger partial charge in [0.2, 0.25) is 11.9 Å². The summed E-state index contributed by atoms with van der Waals surface area (Å²) in [7, 11) is 0. The number of halogens is 1. The summed E-state index contributed by atoms with van der Waals surface area (Å²) in [5.41, 5.74) is 3.26. The van der Waals surface area contributed by atoms with Gasteiger partial charge in [0.05, 0.1) is 6.04 Å². The molecule has 2 unspecified atom stereocenters. The molecule has 1 aromatic heterocycles. The summed E-state index contributed by atoms with van der Waals surface area (Å²) in [5.74, 6) is 3.42. The number of nitrogens with one attached hydrogen (secondary N) is 1. The average Bonchev–Trinajstić information content (AvgIpc) is 3.23. The van der Waals surface area contributed by atoms with E-state index in [9.17, 15) is 4.79 Å². The Hall–Kier alpha value is -2.38. The Balaban J connectivity index is 1.15. The molecule has 7 nitrogen and oxygen atoms in total. The molecule has 3 aliphatic heterocycles. The lowest BCUT2D eigenvalue weighted by Crippen LogP contribution is -2.54. The van der Waals surface area contributed by atoms with Crippen molar-refractivity contribution in [3.63, 3.8) is 0 Å². The molecule has 2 atom stereocenters. The summed E-state index contributed by atoms with van der Waals surface area (Å²) in [6.07, 6.45) is 6.23. The van der Waals surface area contributed by atoms with Crippen molar-refractivity contribution in [3.8, 4) is 0 Å². The molecule has 4 heterocycles. The van der Waals surface area contributed by atoms with Crippen molar-refractivity contribution < 1.29 is 4.79 Å². The maximum atomic E-state index is 11.9. The van der Waals surface area contributed by atoms with E-state index in [4.69, 9.17) is 16.6 Å². The number of rotatable bonds is 8. The minimum absolute atomic E-state index is 0.0489. The first-order valence-corrected chi connectivity index (χ1v) is 13.9. The molecule has 0 radical (unpaired) electrons. The number of carbonyl (C=O) groups is 1. The van der Waals surface area contributed by atoms with Gasteiger partial charge in [0.1, 0.15) is 5.82 Å². The maximum Gasteiger partial charge on any atom is 0.227 e. The van der Waals surface area contributed by atoms with E-state index < -0.39 is 0 Å². The lowest BCUT2D eigenvalue weighted by atomic mass is 9.81. The van der Waals surface area contributed by atoms with E-state index in [1.165, 1.54) is 12.8 Å². The van der Waals surface area contributed by atoms with Gasteiger partial charge < -0.3 is 20.0 Å². The first-order chi connectivity index (χ1) is 17.4. The monoisotopic (exact) mass is 510 g/mol. The average molecular weight is 511 g/mol. The minimum atomic E-state index is 0.0489. The minimum Gasteiger partial charge on any atom is -0.363 e. The summed E-state index contributed by atoms with van der Waals surface area (Å²) in [6, 6.07) is 6.23. The second-order valence-electron chi connectivity index (χ2n) is 10.9. The van der Waals surface area contributed by atoms with E-state index >= 15 is 0 Å². The van der Waals surface area contributed by atoms with Gasteiger partial charge in [-0.05, 0) is 75.6 Å². The van der Waals surface area contributed by atoms with Gasteiger partial charge in [-0.3, -0.25) is 4.79 Å². The van der Waals surface area contributed by atoms with Crippen molar-refractivity contribution in [2.75, 3.05) is 56.0 Å². The van der Waals surface area contributed by atoms with Gasteiger partial charge in [0.15, 0.2) is 0 Å². The summed E-state index contributed by atoms with van der Waals surface area (Å²) in [6.45, 7) is 13.4. The number of hydrogen-bond acceptors (Lipinski definition) is 6. The summed E-state index contributed by atoms with van der Waals surface area (Å²) in [4.78, 5) is 28.4. The molecule has 1 N–H and O–H groups in total. The third-order valence-electron chi connectivity index (χ3n) is 8.19. The standard InChI is InChI=1S/C28H39ClN6O/c1-19-8-9-24(25(29)14-19)21(3)31-27-20(2)15-30-28(32-27)35-17-23(18-35)22-6-4-10-33(16-22)12-13-34-11-5-7-26(34)36/h8-9,14-15,21-23H,4-7,10-13,16-18H2,1-3H3,(H,30,31,32). The molecule has 1 amide bonds. The highest BCUT2D eigenvalue weighted by molar-refractivity contribution is 6.31. The number of aromatic nitrogens is 2. The molecule has 3 aliphatic rings. The largest absolute Gasteiger partial charge is 0.363 e. The predicted octanol–water partition coefficient (Wildman–Crippen LogP) is 4.69. The van der Waals surface area contributed by atoms with Crippen molar-refractivity contribution in [3.05, 3.63) is 46.1 Å². The zero-order valence-corrected chi connectivity index (χ0v) is 22.6. The van der Waals surface area contributed by atoms with E-state index in [0.717, 1.165) is 98.1 Å². The van der Waals surface area contributed by atoms with Crippen LogP contribution in [0.4, 0.5) is 11.8 Å². The van der Waals surface area contributed by atoms with E-state index in [0.29, 0.717) is 11.8 Å². The van der Waals surface area contributed by atoms with Gasteiger partial charge >= 0.3 is 0 Å². The van der Waals surface area contributed by atoms with Crippen LogP contribution in [0.3, 0.4) is 0 Å². The molecule has 8 heteroatoms. The van der Waals surface area contributed by atoms with Crippen molar-refractivity contribution in [1.29, 1.82) is 0 Å². The first kappa shape index (κ1) is 25.3. The second-order valence-corrected chi connectivity index (χ2v) is 11.4. The van der Waals surface area contributed by atoms with Crippen molar-refractivity contribution >= 4 is 29.3 Å². The van der Waals surface area contributed by atoms with Crippen LogP contribution in [0.5, 0.6) is 0 Å². The number of aryl methyl sites for hydroxylation is 2. The van der Waals surface area contributed by atoms with Gasteiger partial charge in [-0.2, -0.15) is 4.98 Å². The molecule has 3 saturated heterocycles. The van der Waals surface area contributed by atoms with Gasteiger partial charge in [0.25, 0.3) is 0 Å². The maximum absolute atomic E-state index is 11.9. The Morgan fingerprint density at radius 1 is 1.11 bits per heavy atom. The number of likely N-dealkylation sites (tertiary alicyclic amines) is 2. The fourth-order valence-electron chi connectivity index (χ4n) is 5.85. The van der Waals surface area contributed by atoms with Crippen LogP contribution in [0.2, 0.25) is 5.02 Å². The molecule has 194 valence electrons. The summed E-state index contributed by atoms with van der Waals surface area (Å²) in [5, 5.41) is 4.33. The number of nitrogens with zero attached hydrogens (tertiary/aromatic N) is 5. The number of piperidine rings is 1. The van der Waals surface area contributed by atoms with Gasteiger partial charge in [-0.15, -0.1) is 0 Å². The highest BCUT2D eigenvalue weighted by Gasteiger charge is 2.37. The first-order valence-electron chi connectivity index (χ1n) is 13.5. The number of amides is 1. The number of carbonyl (C=O) groups excluding carboxylic acids is 1. The van der Waals surface area contributed by atoms with Crippen LogP contribution < -0.4 is 10.2 Å². The molecular formula is C28H39ClN6O. The Labute approximate surface area is 220 Å². The number of hydrogen-bond donors (Lipinski definition) is 1.